The summed E-state index contributed by atoms with van der Waals surface area (Å²) in [5.74, 6) is 1.87. The highest BCUT2D eigenvalue weighted by Gasteiger charge is 2.28. The predicted molar refractivity (Wildman–Crippen MR) is 112 cm³/mol. The van der Waals surface area contributed by atoms with Crippen LogP contribution >= 0.6 is 11.6 Å². The molecule has 0 bridgehead atoms. The summed E-state index contributed by atoms with van der Waals surface area (Å²) in [6.07, 6.45) is 8.02. The Bertz CT molecular complexity index is 1080. The number of hydrogen-bond acceptors (Lipinski definition) is 5. The zero-order valence-corrected chi connectivity index (χ0v) is 17.4. The van der Waals surface area contributed by atoms with Crippen molar-refractivity contribution in [2.24, 2.45) is 11.8 Å². The van der Waals surface area contributed by atoms with Gasteiger partial charge in [-0.15, -0.1) is 0 Å². The van der Waals surface area contributed by atoms with Gasteiger partial charge in [0.1, 0.15) is 24.2 Å². The van der Waals surface area contributed by atoms with Gasteiger partial charge < -0.3 is 9.67 Å². The number of aliphatic hydroxyl groups excluding tert-OH is 1. The molecule has 3 heterocycles. The van der Waals surface area contributed by atoms with Crippen molar-refractivity contribution in [1.29, 1.82) is 5.26 Å². The molecule has 0 aliphatic heterocycles. The van der Waals surface area contributed by atoms with Gasteiger partial charge in [-0.25, -0.2) is 9.97 Å². The first-order valence-electron chi connectivity index (χ1n) is 10.1. The number of nitriles is 1. The van der Waals surface area contributed by atoms with Crippen LogP contribution in [0.4, 0.5) is 0 Å². The molecule has 1 aliphatic carbocycles. The number of pyridine rings is 2. The average Bonchev–Trinajstić information content (AvgIpc) is 3.11. The second-order valence-corrected chi connectivity index (χ2v) is 8.48. The predicted octanol–water partition coefficient (Wildman–Crippen LogP) is 4.90. The van der Waals surface area contributed by atoms with Crippen molar-refractivity contribution in [2.45, 2.75) is 52.2 Å². The third-order valence-corrected chi connectivity index (χ3v) is 6.33. The van der Waals surface area contributed by atoms with Crippen LogP contribution in [0.1, 0.15) is 57.1 Å². The Labute approximate surface area is 175 Å². The molecule has 0 saturated heterocycles. The summed E-state index contributed by atoms with van der Waals surface area (Å²) < 4.78 is 2.11. The van der Waals surface area contributed by atoms with Gasteiger partial charge in [0.15, 0.2) is 0 Å². The Hall–Kier alpha value is -2.49. The van der Waals surface area contributed by atoms with E-state index in [4.69, 9.17) is 11.6 Å². The lowest BCUT2D eigenvalue weighted by Gasteiger charge is -2.32. The number of hydrogen-bond donors (Lipinski definition) is 1. The van der Waals surface area contributed by atoms with Gasteiger partial charge in [0.25, 0.3) is 0 Å². The second-order valence-electron chi connectivity index (χ2n) is 8.04. The molecule has 6 nitrogen and oxygen atoms in total. The first-order valence-corrected chi connectivity index (χ1v) is 10.4. The number of nitrogens with zero attached hydrogens (tertiary/aromatic N) is 5. The van der Waals surface area contributed by atoms with Crippen molar-refractivity contribution in [2.75, 3.05) is 0 Å². The average molecular weight is 410 g/mol. The molecule has 29 heavy (non-hydrogen) atoms. The third kappa shape index (κ3) is 3.73. The molecule has 7 heteroatoms. The van der Waals surface area contributed by atoms with Gasteiger partial charge in [-0.1, -0.05) is 31.4 Å². The van der Waals surface area contributed by atoms with Crippen molar-refractivity contribution in [3.63, 3.8) is 0 Å². The minimum Gasteiger partial charge on any atom is -0.388 e. The SMILES string of the molecule is CC1CCC(C(C)n2c(CO)nc3cc(C#N)nc(-c4cncc(Cl)c4)c32)CC1. The van der Waals surface area contributed by atoms with Crippen LogP contribution in [0, 0.1) is 23.2 Å². The normalized spacial score (nSPS) is 20.5. The lowest BCUT2D eigenvalue weighted by atomic mass is 9.79. The summed E-state index contributed by atoms with van der Waals surface area (Å²) in [6.45, 7) is 4.33. The molecular formula is C22H24ClN5O. The number of fused-ring (bicyclic) bond motifs is 1. The van der Waals surface area contributed by atoms with Crippen LogP contribution in [0.3, 0.4) is 0 Å². The molecule has 1 aliphatic rings. The maximum Gasteiger partial charge on any atom is 0.143 e. The fourth-order valence-corrected chi connectivity index (χ4v) is 4.67. The van der Waals surface area contributed by atoms with Gasteiger partial charge in [-0.2, -0.15) is 5.26 Å². The van der Waals surface area contributed by atoms with Crippen LogP contribution in [0.2, 0.25) is 5.02 Å². The molecule has 0 spiro atoms. The molecule has 1 unspecified atom stereocenters. The minimum atomic E-state index is -0.169. The van der Waals surface area contributed by atoms with E-state index in [1.165, 1.54) is 12.8 Å². The van der Waals surface area contributed by atoms with Crippen molar-refractivity contribution in [3.05, 3.63) is 41.1 Å². The molecule has 1 saturated carbocycles. The number of aromatic nitrogens is 4. The molecule has 0 amide bonds. The highest BCUT2D eigenvalue weighted by Crippen LogP contribution is 2.39. The summed E-state index contributed by atoms with van der Waals surface area (Å²) >= 11 is 6.17. The van der Waals surface area contributed by atoms with Crippen molar-refractivity contribution < 1.29 is 5.11 Å². The number of imidazole rings is 1. The van der Waals surface area contributed by atoms with Gasteiger partial charge in [0, 0.05) is 30.1 Å². The fraction of sp³-hybridized carbons (Fsp3) is 0.455. The van der Waals surface area contributed by atoms with E-state index in [9.17, 15) is 10.4 Å². The topological polar surface area (TPSA) is 87.6 Å². The summed E-state index contributed by atoms with van der Waals surface area (Å²) in [5, 5.41) is 20.0. The Balaban J connectivity index is 1.93. The molecule has 1 fully saturated rings. The van der Waals surface area contributed by atoms with Gasteiger partial charge >= 0.3 is 0 Å². The highest BCUT2D eigenvalue weighted by molar-refractivity contribution is 6.30. The first kappa shape index (κ1) is 19.8. The summed E-state index contributed by atoms with van der Waals surface area (Å²) in [6, 6.07) is 5.75. The maximum atomic E-state index is 10.0. The van der Waals surface area contributed by atoms with Crippen LogP contribution in [0.25, 0.3) is 22.3 Å². The quantitative estimate of drug-likeness (QED) is 0.662. The van der Waals surface area contributed by atoms with Crippen molar-refractivity contribution in [3.8, 4) is 17.3 Å². The van der Waals surface area contributed by atoms with Crippen LogP contribution in [0.5, 0.6) is 0 Å². The molecular weight excluding hydrogens is 386 g/mol. The Kier molecular flexibility index (Phi) is 5.53. The van der Waals surface area contributed by atoms with E-state index in [1.54, 1.807) is 24.5 Å². The molecule has 3 aromatic rings. The smallest absolute Gasteiger partial charge is 0.143 e. The third-order valence-electron chi connectivity index (χ3n) is 6.13. The lowest BCUT2D eigenvalue weighted by molar-refractivity contribution is 0.211. The lowest BCUT2D eigenvalue weighted by Crippen LogP contribution is -2.23. The van der Waals surface area contributed by atoms with Gasteiger partial charge in [-0.3, -0.25) is 4.98 Å². The molecule has 0 aromatic carbocycles. The monoisotopic (exact) mass is 409 g/mol. The Morgan fingerprint density at radius 3 is 2.66 bits per heavy atom. The van der Waals surface area contributed by atoms with Gasteiger partial charge in [0.05, 0.1) is 21.7 Å². The maximum absolute atomic E-state index is 10.0. The van der Waals surface area contributed by atoms with Crippen LogP contribution in [-0.2, 0) is 6.61 Å². The largest absolute Gasteiger partial charge is 0.388 e. The zero-order chi connectivity index (χ0) is 20.5. The Morgan fingerprint density at radius 1 is 1.24 bits per heavy atom. The number of halogens is 1. The summed E-state index contributed by atoms with van der Waals surface area (Å²) in [7, 11) is 0. The molecule has 3 aromatic heterocycles. The second kappa shape index (κ2) is 8.10. The van der Waals surface area contributed by atoms with E-state index in [1.807, 2.05) is 0 Å². The minimum absolute atomic E-state index is 0.162. The van der Waals surface area contributed by atoms with Crippen LogP contribution < -0.4 is 0 Å². The van der Waals surface area contributed by atoms with E-state index in [0.29, 0.717) is 28.0 Å². The standard InChI is InChI=1S/C22H24ClN5O/c1-13-3-5-15(6-4-13)14(2)28-20(12-29)27-19-8-18(9-24)26-21(22(19)28)16-7-17(23)11-25-10-16/h7-8,10-11,13-15,29H,3-6,12H2,1-2H3. The van der Waals surface area contributed by atoms with Crippen molar-refractivity contribution >= 4 is 22.6 Å². The first-order chi connectivity index (χ1) is 14.0. The molecule has 4 rings (SSSR count). The van der Waals surface area contributed by atoms with Gasteiger partial charge in [-0.05, 0) is 37.7 Å². The molecule has 0 radical (unpaired) electrons. The van der Waals surface area contributed by atoms with Crippen molar-refractivity contribution in [1.82, 2.24) is 19.5 Å². The van der Waals surface area contributed by atoms with Crippen LogP contribution in [0.15, 0.2) is 24.5 Å². The number of aliphatic hydroxyl groups is 1. The van der Waals surface area contributed by atoms with Gasteiger partial charge in [0.2, 0.25) is 0 Å². The molecule has 150 valence electrons. The van der Waals surface area contributed by atoms with Crippen LogP contribution in [-0.4, -0.2) is 24.6 Å². The van der Waals surface area contributed by atoms with E-state index >= 15 is 0 Å². The Morgan fingerprint density at radius 2 is 2.00 bits per heavy atom. The van der Waals surface area contributed by atoms with E-state index in [2.05, 4.69) is 39.4 Å². The fourth-order valence-electron chi connectivity index (χ4n) is 4.50. The summed E-state index contributed by atoms with van der Waals surface area (Å²) in [5.41, 5.74) is 3.11. The molecule has 1 N–H and O–H groups in total. The van der Waals surface area contributed by atoms with E-state index in [0.717, 1.165) is 29.8 Å². The van der Waals surface area contributed by atoms with E-state index < -0.39 is 0 Å². The summed E-state index contributed by atoms with van der Waals surface area (Å²) in [4.78, 5) is 13.4. The highest BCUT2D eigenvalue weighted by atomic mass is 35.5. The van der Waals surface area contributed by atoms with E-state index in [-0.39, 0.29) is 18.3 Å². The molecule has 1 atom stereocenters. The zero-order valence-electron chi connectivity index (χ0n) is 16.6. The number of rotatable bonds is 4.